The Bertz CT molecular complexity index is 269. The first-order valence-electron chi connectivity index (χ1n) is 7.43. The van der Waals surface area contributed by atoms with Crippen molar-refractivity contribution in [3.63, 3.8) is 0 Å². The molecule has 3 heteroatoms. The Kier molecular flexibility index (Phi) is 6.67. The molecule has 1 aliphatic rings. The minimum atomic E-state index is -0.251. The van der Waals surface area contributed by atoms with E-state index in [0.717, 1.165) is 31.8 Å². The van der Waals surface area contributed by atoms with Gasteiger partial charge < -0.3 is 4.90 Å². The SMILES string of the molecule is CCCC1CCCC(C#N)(NCCN(C)C)CC1. The average Bonchev–Trinajstić information content (AvgIpc) is 2.53. The van der Waals surface area contributed by atoms with Crippen molar-refractivity contribution in [3.8, 4) is 6.07 Å². The molecule has 2 unspecified atom stereocenters. The van der Waals surface area contributed by atoms with Gasteiger partial charge in [-0.3, -0.25) is 5.32 Å². The van der Waals surface area contributed by atoms with Gasteiger partial charge in [-0.05, 0) is 39.3 Å². The lowest BCUT2D eigenvalue weighted by molar-refractivity contribution is 0.322. The zero-order valence-corrected chi connectivity index (χ0v) is 12.3. The summed E-state index contributed by atoms with van der Waals surface area (Å²) in [6.45, 7) is 4.18. The van der Waals surface area contributed by atoms with Gasteiger partial charge in [0.2, 0.25) is 0 Å². The summed E-state index contributed by atoms with van der Waals surface area (Å²) in [5.41, 5.74) is -0.251. The predicted molar refractivity (Wildman–Crippen MR) is 76.4 cm³/mol. The summed E-state index contributed by atoms with van der Waals surface area (Å²) in [4.78, 5) is 2.16. The predicted octanol–water partition coefficient (Wildman–Crippen LogP) is 2.78. The first-order chi connectivity index (χ1) is 8.62. The number of hydrogen-bond donors (Lipinski definition) is 1. The van der Waals surface area contributed by atoms with Crippen LogP contribution in [0.5, 0.6) is 0 Å². The number of nitriles is 1. The van der Waals surface area contributed by atoms with Gasteiger partial charge in [0.1, 0.15) is 5.54 Å². The normalized spacial score (nSPS) is 28.9. The van der Waals surface area contributed by atoms with Crippen molar-refractivity contribution >= 4 is 0 Å². The van der Waals surface area contributed by atoms with Crippen LogP contribution in [0.4, 0.5) is 0 Å². The van der Waals surface area contributed by atoms with Crippen LogP contribution in [0.2, 0.25) is 0 Å². The standard InChI is InChI=1S/C15H29N3/c1-4-6-14-7-5-9-15(13-16,10-8-14)17-11-12-18(2)3/h14,17H,4-12H2,1-3H3. The second-order valence-electron chi connectivity index (χ2n) is 6.01. The number of nitrogens with zero attached hydrogens (tertiary/aromatic N) is 2. The van der Waals surface area contributed by atoms with Gasteiger partial charge in [-0.2, -0.15) is 5.26 Å². The molecule has 0 aromatic rings. The molecular formula is C15H29N3. The van der Waals surface area contributed by atoms with E-state index in [1.165, 1.54) is 32.1 Å². The smallest absolute Gasteiger partial charge is 0.106 e. The van der Waals surface area contributed by atoms with E-state index in [9.17, 15) is 5.26 Å². The fraction of sp³-hybridized carbons (Fsp3) is 0.933. The maximum atomic E-state index is 9.52. The molecular weight excluding hydrogens is 222 g/mol. The topological polar surface area (TPSA) is 39.1 Å². The van der Waals surface area contributed by atoms with Gasteiger partial charge in [-0.1, -0.05) is 32.6 Å². The first kappa shape index (κ1) is 15.5. The zero-order valence-electron chi connectivity index (χ0n) is 12.3. The third kappa shape index (κ3) is 4.96. The number of rotatable bonds is 6. The molecule has 1 saturated carbocycles. The zero-order chi connectivity index (χ0) is 13.4. The maximum absolute atomic E-state index is 9.52. The Labute approximate surface area is 113 Å². The quantitative estimate of drug-likeness (QED) is 0.738. The van der Waals surface area contributed by atoms with Gasteiger partial charge in [-0.25, -0.2) is 0 Å². The molecule has 1 N–H and O–H groups in total. The van der Waals surface area contributed by atoms with Crippen LogP contribution in [0, 0.1) is 17.2 Å². The van der Waals surface area contributed by atoms with E-state index in [2.05, 4.69) is 37.3 Å². The van der Waals surface area contributed by atoms with Gasteiger partial charge >= 0.3 is 0 Å². The summed E-state index contributed by atoms with van der Waals surface area (Å²) in [6, 6.07) is 2.56. The minimum absolute atomic E-state index is 0.251. The van der Waals surface area contributed by atoms with E-state index < -0.39 is 0 Å². The summed E-state index contributed by atoms with van der Waals surface area (Å²) < 4.78 is 0. The Morgan fingerprint density at radius 2 is 2.11 bits per heavy atom. The van der Waals surface area contributed by atoms with Gasteiger partial charge in [-0.15, -0.1) is 0 Å². The summed E-state index contributed by atoms with van der Waals surface area (Å²) in [5.74, 6) is 0.848. The molecule has 3 nitrogen and oxygen atoms in total. The van der Waals surface area contributed by atoms with Crippen molar-refractivity contribution < 1.29 is 0 Å². The minimum Gasteiger partial charge on any atom is -0.308 e. The van der Waals surface area contributed by atoms with Crippen LogP contribution in [0.1, 0.15) is 51.9 Å². The third-order valence-electron chi connectivity index (χ3n) is 4.13. The van der Waals surface area contributed by atoms with Gasteiger partial charge in [0.15, 0.2) is 0 Å². The van der Waals surface area contributed by atoms with Gasteiger partial charge in [0.25, 0.3) is 0 Å². The number of hydrogen-bond acceptors (Lipinski definition) is 3. The van der Waals surface area contributed by atoms with Crippen LogP contribution < -0.4 is 5.32 Å². The molecule has 18 heavy (non-hydrogen) atoms. The van der Waals surface area contributed by atoms with Gasteiger partial charge in [0, 0.05) is 13.1 Å². The Morgan fingerprint density at radius 1 is 1.33 bits per heavy atom. The molecule has 0 saturated heterocycles. The van der Waals surface area contributed by atoms with Gasteiger partial charge in [0.05, 0.1) is 6.07 Å². The van der Waals surface area contributed by atoms with E-state index in [-0.39, 0.29) is 5.54 Å². The van der Waals surface area contributed by atoms with Crippen LogP contribution in [0.3, 0.4) is 0 Å². The van der Waals surface area contributed by atoms with E-state index in [1.54, 1.807) is 0 Å². The van der Waals surface area contributed by atoms with Crippen LogP contribution in [0.15, 0.2) is 0 Å². The van der Waals surface area contributed by atoms with E-state index in [4.69, 9.17) is 0 Å². The van der Waals surface area contributed by atoms with Crippen LogP contribution >= 0.6 is 0 Å². The molecule has 0 amide bonds. The van der Waals surface area contributed by atoms with E-state index in [1.807, 2.05) is 0 Å². The van der Waals surface area contributed by atoms with Crippen molar-refractivity contribution in [1.82, 2.24) is 10.2 Å². The molecule has 0 aliphatic heterocycles. The third-order valence-corrected chi connectivity index (χ3v) is 4.13. The lowest BCUT2D eigenvalue weighted by atomic mass is 9.90. The highest BCUT2D eigenvalue weighted by Gasteiger charge is 2.32. The highest BCUT2D eigenvalue weighted by molar-refractivity contribution is 5.08. The van der Waals surface area contributed by atoms with Crippen LogP contribution in [-0.4, -0.2) is 37.6 Å². The molecule has 104 valence electrons. The monoisotopic (exact) mass is 251 g/mol. The van der Waals surface area contributed by atoms with Crippen molar-refractivity contribution in [3.05, 3.63) is 0 Å². The Morgan fingerprint density at radius 3 is 2.72 bits per heavy atom. The highest BCUT2D eigenvalue weighted by Crippen LogP contribution is 2.32. The van der Waals surface area contributed by atoms with Crippen molar-refractivity contribution in [1.29, 1.82) is 5.26 Å². The molecule has 2 atom stereocenters. The first-order valence-corrected chi connectivity index (χ1v) is 7.43. The fourth-order valence-corrected chi connectivity index (χ4v) is 2.96. The molecule has 1 fully saturated rings. The summed E-state index contributed by atoms with van der Waals surface area (Å²) in [6.07, 6.45) is 8.40. The second kappa shape index (κ2) is 7.76. The molecule has 0 aromatic heterocycles. The van der Waals surface area contributed by atoms with E-state index >= 15 is 0 Å². The van der Waals surface area contributed by atoms with Crippen LogP contribution in [-0.2, 0) is 0 Å². The molecule has 0 radical (unpaired) electrons. The lowest BCUT2D eigenvalue weighted by Crippen LogP contribution is -2.46. The Hall–Kier alpha value is -0.590. The molecule has 0 heterocycles. The summed E-state index contributed by atoms with van der Waals surface area (Å²) >= 11 is 0. The highest BCUT2D eigenvalue weighted by atomic mass is 15.1. The summed E-state index contributed by atoms with van der Waals surface area (Å²) in [7, 11) is 4.15. The second-order valence-corrected chi connectivity index (χ2v) is 6.01. The van der Waals surface area contributed by atoms with Crippen molar-refractivity contribution in [2.24, 2.45) is 5.92 Å². The van der Waals surface area contributed by atoms with Crippen molar-refractivity contribution in [2.75, 3.05) is 27.2 Å². The number of likely N-dealkylation sites (N-methyl/N-ethyl adjacent to an activating group) is 1. The van der Waals surface area contributed by atoms with Crippen molar-refractivity contribution in [2.45, 2.75) is 57.4 Å². The number of nitrogens with one attached hydrogen (secondary N) is 1. The Balaban J connectivity index is 2.46. The van der Waals surface area contributed by atoms with E-state index in [0.29, 0.717) is 0 Å². The molecule has 1 aliphatic carbocycles. The maximum Gasteiger partial charge on any atom is 0.106 e. The van der Waals surface area contributed by atoms with Crippen LogP contribution in [0.25, 0.3) is 0 Å². The fourth-order valence-electron chi connectivity index (χ4n) is 2.96. The average molecular weight is 251 g/mol. The molecule has 0 bridgehead atoms. The molecule has 1 rings (SSSR count). The molecule has 0 spiro atoms. The largest absolute Gasteiger partial charge is 0.308 e. The summed E-state index contributed by atoms with van der Waals surface area (Å²) in [5, 5.41) is 13.0. The molecule has 0 aromatic carbocycles. The lowest BCUT2D eigenvalue weighted by Gasteiger charge is -2.27.